The average Bonchev–Trinajstić information content (AvgIpc) is 2.75. The number of rotatable bonds is 8. The molecule has 1 atom stereocenters. The lowest BCUT2D eigenvalue weighted by Crippen LogP contribution is -2.30. The summed E-state index contributed by atoms with van der Waals surface area (Å²) in [6.45, 7) is 5.86. The molecule has 0 bridgehead atoms. The van der Waals surface area contributed by atoms with Gasteiger partial charge >= 0.3 is 0 Å². The summed E-state index contributed by atoms with van der Waals surface area (Å²) in [5.41, 5.74) is 1.64. The minimum absolute atomic E-state index is 0.0208. The van der Waals surface area contributed by atoms with E-state index in [1.165, 1.54) is 42.2 Å². The summed E-state index contributed by atoms with van der Waals surface area (Å²) in [6, 6.07) is 15.0. The topological polar surface area (TPSA) is 110 Å². The zero-order valence-corrected chi connectivity index (χ0v) is 18.3. The number of amides is 1. The number of aromatic nitrogens is 2. The van der Waals surface area contributed by atoms with Crippen LogP contribution in [0.25, 0.3) is 0 Å². The maximum absolute atomic E-state index is 12.4. The normalized spacial score (nSPS) is 12.3. The minimum atomic E-state index is -3.84. The van der Waals surface area contributed by atoms with Crippen LogP contribution in [0.5, 0.6) is 5.75 Å². The van der Waals surface area contributed by atoms with E-state index < -0.39 is 16.1 Å². The Labute approximate surface area is 181 Å². The van der Waals surface area contributed by atoms with Gasteiger partial charge in [0.05, 0.1) is 4.90 Å². The Balaban J connectivity index is 1.60. The highest BCUT2D eigenvalue weighted by molar-refractivity contribution is 7.92. The smallest absolute Gasteiger partial charge is 0.265 e. The van der Waals surface area contributed by atoms with E-state index in [9.17, 15) is 13.2 Å². The first-order chi connectivity index (χ1) is 14.7. The van der Waals surface area contributed by atoms with E-state index >= 15 is 0 Å². The SMILES string of the molecule is CC(Oc1ccc(C(C)C)cc1)C(=O)Nc1ccc(S(=O)(=O)Nc2ncccn2)cc1. The van der Waals surface area contributed by atoms with Crippen LogP contribution in [0.4, 0.5) is 11.6 Å². The van der Waals surface area contributed by atoms with Crippen LogP contribution in [0.15, 0.2) is 71.9 Å². The van der Waals surface area contributed by atoms with Crippen LogP contribution in [0.1, 0.15) is 32.3 Å². The van der Waals surface area contributed by atoms with Crippen molar-refractivity contribution in [2.45, 2.75) is 37.7 Å². The lowest BCUT2D eigenvalue weighted by atomic mass is 10.0. The summed E-state index contributed by atoms with van der Waals surface area (Å²) in [5, 5.41) is 2.72. The molecule has 2 aromatic carbocycles. The standard InChI is InChI=1S/C22H24N4O4S/c1-15(2)17-5-9-19(10-6-17)30-16(3)21(27)25-18-7-11-20(12-8-18)31(28,29)26-22-23-13-4-14-24-22/h4-16H,1-3H3,(H,25,27)(H,23,24,26). The van der Waals surface area contributed by atoms with Gasteiger partial charge in [-0.25, -0.2) is 23.1 Å². The first kappa shape index (κ1) is 22.2. The van der Waals surface area contributed by atoms with E-state index in [0.29, 0.717) is 17.4 Å². The second-order valence-electron chi connectivity index (χ2n) is 7.18. The fraction of sp³-hybridized carbons (Fsp3) is 0.227. The fourth-order valence-corrected chi connectivity index (χ4v) is 3.64. The van der Waals surface area contributed by atoms with Gasteiger partial charge in [-0.2, -0.15) is 0 Å². The number of nitrogens with zero attached hydrogens (tertiary/aromatic N) is 2. The molecule has 9 heteroatoms. The molecule has 0 aliphatic rings. The van der Waals surface area contributed by atoms with Gasteiger partial charge in [0.2, 0.25) is 5.95 Å². The van der Waals surface area contributed by atoms with Gasteiger partial charge in [-0.3, -0.25) is 4.79 Å². The lowest BCUT2D eigenvalue weighted by molar-refractivity contribution is -0.122. The molecule has 1 heterocycles. The van der Waals surface area contributed by atoms with Gasteiger partial charge in [0.15, 0.2) is 6.10 Å². The van der Waals surface area contributed by atoms with Crippen LogP contribution in [0, 0.1) is 0 Å². The van der Waals surface area contributed by atoms with Crippen molar-refractivity contribution in [1.29, 1.82) is 0 Å². The van der Waals surface area contributed by atoms with Crippen LogP contribution < -0.4 is 14.8 Å². The molecule has 31 heavy (non-hydrogen) atoms. The van der Waals surface area contributed by atoms with Crippen molar-refractivity contribution in [1.82, 2.24) is 9.97 Å². The molecule has 0 aliphatic carbocycles. The highest BCUT2D eigenvalue weighted by atomic mass is 32.2. The van der Waals surface area contributed by atoms with Crippen molar-refractivity contribution in [3.8, 4) is 5.75 Å². The van der Waals surface area contributed by atoms with E-state index in [0.717, 1.165) is 0 Å². The van der Waals surface area contributed by atoms with Crippen LogP contribution in [0.2, 0.25) is 0 Å². The van der Waals surface area contributed by atoms with Crippen molar-refractivity contribution in [3.63, 3.8) is 0 Å². The monoisotopic (exact) mass is 440 g/mol. The lowest BCUT2D eigenvalue weighted by Gasteiger charge is -2.15. The molecular formula is C22H24N4O4S. The zero-order chi connectivity index (χ0) is 22.4. The zero-order valence-electron chi connectivity index (χ0n) is 17.4. The highest BCUT2D eigenvalue weighted by Gasteiger charge is 2.18. The summed E-state index contributed by atoms with van der Waals surface area (Å²) >= 11 is 0. The quantitative estimate of drug-likeness (QED) is 0.551. The summed E-state index contributed by atoms with van der Waals surface area (Å²) in [7, 11) is -3.84. The molecule has 0 fully saturated rings. The van der Waals surface area contributed by atoms with Crippen molar-refractivity contribution in [3.05, 3.63) is 72.6 Å². The summed E-state index contributed by atoms with van der Waals surface area (Å²) in [4.78, 5) is 20.1. The third-order valence-electron chi connectivity index (χ3n) is 4.45. The van der Waals surface area contributed by atoms with Gasteiger partial charge in [-0.1, -0.05) is 26.0 Å². The predicted octanol–water partition coefficient (Wildman–Crippen LogP) is 3.81. The van der Waals surface area contributed by atoms with Crippen LogP contribution in [0.3, 0.4) is 0 Å². The summed E-state index contributed by atoms with van der Waals surface area (Å²) in [5.74, 6) is 0.645. The van der Waals surface area contributed by atoms with E-state index in [1.807, 2.05) is 24.3 Å². The van der Waals surface area contributed by atoms with Crippen LogP contribution >= 0.6 is 0 Å². The minimum Gasteiger partial charge on any atom is -0.481 e. The Bertz CT molecular complexity index is 1120. The predicted molar refractivity (Wildman–Crippen MR) is 119 cm³/mol. The third kappa shape index (κ3) is 6.02. The number of sulfonamides is 1. The Hall–Kier alpha value is -3.46. The highest BCUT2D eigenvalue weighted by Crippen LogP contribution is 2.20. The largest absolute Gasteiger partial charge is 0.481 e. The van der Waals surface area contributed by atoms with Gasteiger partial charge in [0.1, 0.15) is 5.75 Å². The van der Waals surface area contributed by atoms with E-state index in [-0.39, 0.29) is 16.8 Å². The molecule has 3 rings (SSSR count). The number of hydrogen-bond acceptors (Lipinski definition) is 6. The first-order valence-electron chi connectivity index (χ1n) is 9.72. The molecule has 2 N–H and O–H groups in total. The Morgan fingerprint density at radius 3 is 2.13 bits per heavy atom. The van der Waals surface area contributed by atoms with E-state index in [2.05, 4.69) is 33.9 Å². The summed E-state index contributed by atoms with van der Waals surface area (Å²) < 4.78 is 32.8. The van der Waals surface area contributed by atoms with Crippen LogP contribution in [-0.4, -0.2) is 30.4 Å². The van der Waals surface area contributed by atoms with Gasteiger partial charge in [0.25, 0.3) is 15.9 Å². The van der Waals surface area contributed by atoms with E-state index in [1.54, 1.807) is 13.0 Å². The molecule has 0 spiro atoms. The van der Waals surface area contributed by atoms with Crippen LogP contribution in [-0.2, 0) is 14.8 Å². The number of nitrogens with one attached hydrogen (secondary N) is 2. The van der Waals surface area contributed by atoms with Gasteiger partial charge in [-0.05, 0) is 60.9 Å². The number of benzene rings is 2. The maximum atomic E-state index is 12.4. The Morgan fingerprint density at radius 2 is 1.55 bits per heavy atom. The van der Waals surface area contributed by atoms with Crippen molar-refractivity contribution >= 4 is 27.6 Å². The molecule has 0 saturated heterocycles. The summed E-state index contributed by atoms with van der Waals surface area (Å²) in [6.07, 6.45) is 2.14. The average molecular weight is 441 g/mol. The van der Waals surface area contributed by atoms with Crippen molar-refractivity contribution in [2.24, 2.45) is 0 Å². The van der Waals surface area contributed by atoms with E-state index in [4.69, 9.17) is 4.74 Å². The van der Waals surface area contributed by atoms with Gasteiger partial charge in [0, 0.05) is 18.1 Å². The Morgan fingerprint density at radius 1 is 0.935 bits per heavy atom. The number of hydrogen-bond donors (Lipinski definition) is 2. The second kappa shape index (κ2) is 9.57. The molecule has 8 nitrogen and oxygen atoms in total. The number of carbonyl (C=O) groups excluding carboxylic acids is 1. The third-order valence-corrected chi connectivity index (χ3v) is 5.80. The molecule has 1 aromatic heterocycles. The van der Waals surface area contributed by atoms with Crippen molar-refractivity contribution in [2.75, 3.05) is 10.0 Å². The molecule has 0 saturated carbocycles. The van der Waals surface area contributed by atoms with Crippen molar-refractivity contribution < 1.29 is 17.9 Å². The second-order valence-corrected chi connectivity index (χ2v) is 8.86. The molecule has 0 radical (unpaired) electrons. The molecule has 3 aromatic rings. The first-order valence-corrected chi connectivity index (χ1v) is 11.2. The fourth-order valence-electron chi connectivity index (χ4n) is 2.68. The maximum Gasteiger partial charge on any atom is 0.265 e. The number of ether oxygens (including phenoxy) is 1. The molecule has 1 unspecified atom stereocenters. The molecule has 162 valence electrons. The Kier molecular flexibility index (Phi) is 6.86. The molecule has 0 aliphatic heterocycles. The molecule has 1 amide bonds. The number of carbonyl (C=O) groups is 1. The number of anilines is 2. The van der Waals surface area contributed by atoms with Gasteiger partial charge in [-0.15, -0.1) is 0 Å². The molecular weight excluding hydrogens is 416 g/mol. The van der Waals surface area contributed by atoms with Gasteiger partial charge < -0.3 is 10.1 Å².